The fraction of sp³-hybridized carbons (Fsp3) is 0.391. The van der Waals surface area contributed by atoms with E-state index in [-0.39, 0.29) is 11.7 Å². The SMILES string of the molecule is CCC1CCc2c(sc(NC(=O)CSc3nnc(Cc4ccccc4)n3C)c2C#N)C1. The Morgan fingerprint density at radius 2 is 2.16 bits per heavy atom. The summed E-state index contributed by atoms with van der Waals surface area (Å²) in [5.74, 6) is 1.64. The summed E-state index contributed by atoms with van der Waals surface area (Å²) in [5, 5.41) is 22.5. The van der Waals surface area contributed by atoms with E-state index in [9.17, 15) is 10.1 Å². The minimum absolute atomic E-state index is 0.125. The average Bonchev–Trinajstić information content (AvgIpc) is 3.31. The van der Waals surface area contributed by atoms with Crippen molar-refractivity contribution in [2.24, 2.45) is 13.0 Å². The molecule has 1 atom stereocenters. The molecule has 1 aromatic carbocycles. The Hall–Kier alpha value is -2.63. The number of amides is 1. The van der Waals surface area contributed by atoms with Crippen LogP contribution in [-0.2, 0) is 31.1 Å². The third-order valence-corrected chi connectivity index (χ3v) is 7.96. The first kappa shape index (κ1) is 21.6. The van der Waals surface area contributed by atoms with E-state index in [1.807, 2.05) is 29.8 Å². The number of thioether (sulfide) groups is 1. The van der Waals surface area contributed by atoms with Gasteiger partial charge in [0.2, 0.25) is 5.91 Å². The molecule has 2 aromatic heterocycles. The number of thiophene rings is 1. The molecule has 0 fully saturated rings. The number of rotatable bonds is 7. The Balaban J connectivity index is 1.38. The molecule has 31 heavy (non-hydrogen) atoms. The molecule has 6 nitrogen and oxygen atoms in total. The minimum Gasteiger partial charge on any atom is -0.316 e. The lowest BCUT2D eigenvalue weighted by atomic mass is 9.86. The largest absolute Gasteiger partial charge is 0.316 e. The van der Waals surface area contributed by atoms with Crippen LogP contribution in [0.25, 0.3) is 0 Å². The Kier molecular flexibility index (Phi) is 6.73. The van der Waals surface area contributed by atoms with Crippen LogP contribution in [0.4, 0.5) is 5.00 Å². The second-order valence-electron chi connectivity index (χ2n) is 7.79. The van der Waals surface area contributed by atoms with E-state index in [2.05, 4.69) is 40.6 Å². The topological polar surface area (TPSA) is 83.6 Å². The summed E-state index contributed by atoms with van der Waals surface area (Å²) in [6.45, 7) is 2.21. The van der Waals surface area contributed by atoms with Crippen LogP contribution in [0.15, 0.2) is 35.5 Å². The summed E-state index contributed by atoms with van der Waals surface area (Å²) < 4.78 is 1.93. The maximum atomic E-state index is 12.6. The van der Waals surface area contributed by atoms with E-state index in [1.54, 1.807) is 11.3 Å². The van der Waals surface area contributed by atoms with E-state index in [1.165, 1.54) is 22.2 Å². The van der Waals surface area contributed by atoms with Gasteiger partial charge in [-0.05, 0) is 36.3 Å². The van der Waals surface area contributed by atoms with Gasteiger partial charge in [0.15, 0.2) is 5.16 Å². The Labute approximate surface area is 190 Å². The zero-order valence-corrected chi connectivity index (χ0v) is 19.4. The number of aromatic nitrogens is 3. The summed E-state index contributed by atoms with van der Waals surface area (Å²) in [6, 6.07) is 12.4. The molecule has 1 aliphatic rings. The normalized spacial score (nSPS) is 15.3. The number of carbonyl (C=O) groups is 1. The zero-order chi connectivity index (χ0) is 21.8. The van der Waals surface area contributed by atoms with Gasteiger partial charge in [-0.1, -0.05) is 55.4 Å². The smallest absolute Gasteiger partial charge is 0.235 e. The average molecular weight is 452 g/mol. The van der Waals surface area contributed by atoms with Crippen LogP contribution in [0.1, 0.15) is 47.2 Å². The lowest BCUT2D eigenvalue weighted by molar-refractivity contribution is -0.113. The molecule has 0 saturated carbocycles. The molecule has 1 N–H and O–H groups in total. The van der Waals surface area contributed by atoms with Gasteiger partial charge < -0.3 is 9.88 Å². The first-order valence-electron chi connectivity index (χ1n) is 10.5. The number of nitrogens with zero attached hydrogens (tertiary/aromatic N) is 4. The van der Waals surface area contributed by atoms with Crippen LogP contribution in [0.2, 0.25) is 0 Å². The fourth-order valence-corrected chi connectivity index (χ4v) is 5.96. The summed E-state index contributed by atoms with van der Waals surface area (Å²) in [7, 11) is 1.92. The van der Waals surface area contributed by atoms with Crippen molar-refractivity contribution in [3.8, 4) is 6.07 Å². The van der Waals surface area contributed by atoms with Crippen molar-refractivity contribution in [3.05, 3.63) is 57.7 Å². The Morgan fingerprint density at radius 3 is 2.90 bits per heavy atom. The molecule has 3 aromatic rings. The fourth-order valence-electron chi connectivity index (χ4n) is 3.90. The summed E-state index contributed by atoms with van der Waals surface area (Å²) in [4.78, 5) is 13.9. The first-order chi connectivity index (χ1) is 15.1. The Bertz CT molecular complexity index is 1110. The summed E-state index contributed by atoms with van der Waals surface area (Å²) in [5.41, 5.74) is 2.96. The summed E-state index contributed by atoms with van der Waals surface area (Å²) >= 11 is 2.92. The predicted molar refractivity (Wildman–Crippen MR) is 124 cm³/mol. The quantitative estimate of drug-likeness (QED) is 0.532. The number of carbonyl (C=O) groups excluding carboxylic acids is 1. The van der Waals surface area contributed by atoms with E-state index in [0.29, 0.717) is 28.1 Å². The van der Waals surface area contributed by atoms with Gasteiger partial charge in [-0.3, -0.25) is 4.79 Å². The van der Waals surface area contributed by atoms with Crippen molar-refractivity contribution in [1.29, 1.82) is 5.26 Å². The number of hydrogen-bond donors (Lipinski definition) is 1. The monoisotopic (exact) mass is 451 g/mol. The van der Waals surface area contributed by atoms with Crippen molar-refractivity contribution >= 4 is 34.0 Å². The molecule has 1 aliphatic carbocycles. The van der Waals surface area contributed by atoms with Crippen LogP contribution >= 0.6 is 23.1 Å². The van der Waals surface area contributed by atoms with Crippen molar-refractivity contribution in [3.63, 3.8) is 0 Å². The van der Waals surface area contributed by atoms with Crippen LogP contribution in [0.3, 0.4) is 0 Å². The molecule has 0 radical (unpaired) electrons. The number of nitriles is 1. The number of anilines is 1. The maximum absolute atomic E-state index is 12.6. The highest BCUT2D eigenvalue weighted by Gasteiger charge is 2.25. The van der Waals surface area contributed by atoms with Gasteiger partial charge in [-0.15, -0.1) is 21.5 Å². The van der Waals surface area contributed by atoms with Gasteiger partial charge in [0.1, 0.15) is 16.9 Å². The molecule has 0 aliphatic heterocycles. The van der Waals surface area contributed by atoms with E-state index in [4.69, 9.17) is 0 Å². The molecular formula is C23H25N5OS2. The molecule has 4 rings (SSSR count). The second kappa shape index (κ2) is 9.67. The zero-order valence-electron chi connectivity index (χ0n) is 17.7. The van der Waals surface area contributed by atoms with Crippen LogP contribution in [0.5, 0.6) is 0 Å². The third kappa shape index (κ3) is 4.83. The molecule has 1 unspecified atom stereocenters. The highest BCUT2D eigenvalue weighted by atomic mass is 32.2. The van der Waals surface area contributed by atoms with Crippen molar-refractivity contribution in [1.82, 2.24) is 14.8 Å². The van der Waals surface area contributed by atoms with Gasteiger partial charge in [-0.2, -0.15) is 5.26 Å². The lowest BCUT2D eigenvalue weighted by Crippen LogP contribution is -2.14. The van der Waals surface area contributed by atoms with Crippen LogP contribution in [0, 0.1) is 17.2 Å². The predicted octanol–water partition coefficient (Wildman–Crippen LogP) is 4.58. The highest BCUT2D eigenvalue weighted by Crippen LogP contribution is 2.40. The van der Waals surface area contributed by atoms with Crippen LogP contribution < -0.4 is 5.32 Å². The van der Waals surface area contributed by atoms with Gasteiger partial charge in [0.25, 0.3) is 0 Å². The van der Waals surface area contributed by atoms with E-state index in [0.717, 1.165) is 37.1 Å². The van der Waals surface area contributed by atoms with Gasteiger partial charge in [-0.25, -0.2) is 0 Å². The number of fused-ring (bicyclic) bond motifs is 1. The standard InChI is InChI=1S/C23H25N5OS2/c1-3-15-9-10-17-18(13-24)22(31-19(17)11-15)25-21(29)14-30-23-27-26-20(28(23)2)12-16-7-5-4-6-8-16/h4-8,15H,3,9-12,14H2,1-2H3,(H,25,29). The lowest BCUT2D eigenvalue weighted by Gasteiger charge is -2.20. The van der Waals surface area contributed by atoms with Gasteiger partial charge in [0, 0.05) is 18.3 Å². The molecule has 0 saturated heterocycles. The molecule has 1 amide bonds. The number of benzene rings is 1. The van der Waals surface area contributed by atoms with Gasteiger partial charge in [0.05, 0.1) is 11.3 Å². The molecule has 0 bridgehead atoms. The van der Waals surface area contributed by atoms with E-state index >= 15 is 0 Å². The number of hydrogen-bond acceptors (Lipinski definition) is 6. The second-order valence-corrected chi connectivity index (χ2v) is 9.84. The molecule has 2 heterocycles. The molecular weight excluding hydrogens is 426 g/mol. The van der Waals surface area contributed by atoms with Crippen LogP contribution in [-0.4, -0.2) is 26.4 Å². The van der Waals surface area contributed by atoms with E-state index < -0.39 is 0 Å². The minimum atomic E-state index is -0.125. The first-order valence-corrected chi connectivity index (χ1v) is 12.3. The molecule has 160 valence electrons. The molecule has 8 heteroatoms. The molecule has 0 spiro atoms. The third-order valence-electron chi connectivity index (χ3n) is 5.77. The maximum Gasteiger partial charge on any atom is 0.235 e. The van der Waals surface area contributed by atoms with Crippen molar-refractivity contribution < 1.29 is 4.79 Å². The van der Waals surface area contributed by atoms with Gasteiger partial charge >= 0.3 is 0 Å². The summed E-state index contributed by atoms with van der Waals surface area (Å²) in [6.07, 6.45) is 4.92. The van der Waals surface area contributed by atoms with Crippen molar-refractivity contribution in [2.75, 3.05) is 11.1 Å². The highest BCUT2D eigenvalue weighted by molar-refractivity contribution is 7.99. The number of nitrogens with one attached hydrogen (secondary N) is 1. The Morgan fingerprint density at radius 1 is 1.35 bits per heavy atom. The van der Waals surface area contributed by atoms with Crippen molar-refractivity contribution in [2.45, 2.75) is 44.2 Å².